The van der Waals surface area contributed by atoms with Gasteiger partial charge in [-0.15, -0.1) is 0 Å². The van der Waals surface area contributed by atoms with Crippen LogP contribution in [-0.4, -0.2) is 14.0 Å². The Morgan fingerprint density at radius 1 is 1.17 bits per heavy atom. The zero-order valence-electron chi connectivity index (χ0n) is 9.31. The maximum atomic E-state index is 13.3. The van der Waals surface area contributed by atoms with Crippen LogP contribution in [0.3, 0.4) is 0 Å². The Bertz CT molecular complexity index is 495. The third-order valence-electron chi connectivity index (χ3n) is 2.78. The summed E-state index contributed by atoms with van der Waals surface area (Å²) in [5.41, 5.74) is -1.95. The first kappa shape index (κ1) is 13.6. The summed E-state index contributed by atoms with van der Waals surface area (Å²) >= 11 is 11.5. The molecule has 0 radical (unpaired) electrons. The highest BCUT2D eigenvalue weighted by atomic mass is 35.5. The zero-order valence-corrected chi connectivity index (χ0v) is 10.8. The van der Waals surface area contributed by atoms with E-state index in [4.69, 9.17) is 27.9 Å². The average Bonchev–Trinajstić information content (AvgIpc) is 2.59. The van der Waals surface area contributed by atoms with Gasteiger partial charge < -0.3 is 4.74 Å². The quantitative estimate of drug-likeness (QED) is 0.719. The average molecular weight is 295 g/mol. The summed E-state index contributed by atoms with van der Waals surface area (Å²) < 4.78 is 44.8. The van der Waals surface area contributed by atoms with E-state index in [1.807, 2.05) is 0 Å². The monoisotopic (exact) mass is 294 g/mol. The second-order valence-electron chi connectivity index (χ2n) is 4.24. The Kier molecular flexibility index (Phi) is 3.32. The number of halogens is 5. The molecule has 0 bridgehead atoms. The molecule has 0 spiro atoms. The van der Waals surface area contributed by atoms with Crippen LogP contribution in [0.4, 0.5) is 13.2 Å². The molecule has 1 aromatic carbocycles. The molecular formula is C11H8BCl2F3O. The molecular weight excluding hydrogens is 287 g/mol. The van der Waals surface area contributed by atoms with Crippen molar-refractivity contribution in [2.75, 3.05) is 0 Å². The topological polar surface area (TPSA) is 9.23 Å². The Balaban J connectivity index is 2.55. The van der Waals surface area contributed by atoms with Crippen molar-refractivity contribution in [3.8, 4) is 0 Å². The summed E-state index contributed by atoms with van der Waals surface area (Å²) in [4.78, 5) is 0. The van der Waals surface area contributed by atoms with E-state index < -0.39 is 11.8 Å². The van der Waals surface area contributed by atoms with Gasteiger partial charge in [0.2, 0.25) is 5.60 Å². The lowest BCUT2D eigenvalue weighted by Crippen LogP contribution is -2.42. The van der Waals surface area contributed by atoms with E-state index in [2.05, 4.69) is 0 Å². The standard InChI is InChI=1S/C11H8BCl2F3O/c12-7-4-10(18-5-7,11(15,16)17)6-1-8(13)3-9(14)2-6/h1-3,5H,4,12H2. The molecule has 0 aliphatic carbocycles. The van der Waals surface area contributed by atoms with Gasteiger partial charge in [-0.1, -0.05) is 28.7 Å². The molecule has 0 saturated carbocycles. The van der Waals surface area contributed by atoms with Crippen molar-refractivity contribution in [2.24, 2.45) is 0 Å². The Morgan fingerprint density at radius 2 is 1.72 bits per heavy atom. The Labute approximate surface area is 113 Å². The number of alkyl halides is 3. The first-order chi connectivity index (χ1) is 8.24. The summed E-state index contributed by atoms with van der Waals surface area (Å²) in [5, 5.41) is 0.295. The molecule has 0 amide bonds. The van der Waals surface area contributed by atoms with Crippen molar-refractivity contribution in [1.29, 1.82) is 0 Å². The number of hydrogen-bond donors (Lipinski definition) is 0. The van der Waals surface area contributed by atoms with Gasteiger partial charge in [-0.25, -0.2) is 0 Å². The van der Waals surface area contributed by atoms with Crippen LogP contribution >= 0.6 is 23.2 Å². The lowest BCUT2D eigenvalue weighted by molar-refractivity contribution is -0.261. The van der Waals surface area contributed by atoms with Gasteiger partial charge in [0.05, 0.1) is 6.26 Å². The normalized spacial score (nSPS) is 23.7. The van der Waals surface area contributed by atoms with Gasteiger partial charge in [0.15, 0.2) is 0 Å². The summed E-state index contributed by atoms with van der Waals surface area (Å²) in [7, 11) is 1.58. The van der Waals surface area contributed by atoms with Crippen LogP contribution < -0.4 is 0 Å². The first-order valence-corrected chi connectivity index (χ1v) is 5.87. The van der Waals surface area contributed by atoms with Crippen LogP contribution in [0.5, 0.6) is 0 Å². The van der Waals surface area contributed by atoms with Crippen LogP contribution in [0, 0.1) is 0 Å². The van der Waals surface area contributed by atoms with Crippen LogP contribution in [0.1, 0.15) is 12.0 Å². The zero-order chi connectivity index (χ0) is 13.6. The maximum absolute atomic E-state index is 13.3. The molecule has 1 atom stereocenters. The number of ether oxygens (including phenoxy) is 1. The summed E-state index contributed by atoms with van der Waals surface area (Å²) in [6, 6.07) is 3.84. The van der Waals surface area contributed by atoms with Crippen molar-refractivity contribution < 1.29 is 17.9 Å². The van der Waals surface area contributed by atoms with Crippen molar-refractivity contribution in [2.45, 2.75) is 18.2 Å². The Hall–Kier alpha value is -0.805. The van der Waals surface area contributed by atoms with Crippen LogP contribution in [0.25, 0.3) is 0 Å². The minimum absolute atomic E-state index is 0.0828. The van der Waals surface area contributed by atoms with Crippen molar-refractivity contribution in [3.63, 3.8) is 0 Å². The lowest BCUT2D eigenvalue weighted by atomic mass is 9.82. The highest BCUT2D eigenvalue weighted by molar-refractivity contribution is 6.34. The fourth-order valence-corrected chi connectivity index (χ4v) is 2.49. The molecule has 0 N–H and O–H groups in total. The largest absolute Gasteiger partial charge is 0.481 e. The molecule has 1 heterocycles. The highest BCUT2D eigenvalue weighted by Crippen LogP contribution is 2.50. The number of benzene rings is 1. The fraction of sp³-hybridized carbons (Fsp3) is 0.273. The molecule has 96 valence electrons. The molecule has 1 aliphatic rings. The van der Waals surface area contributed by atoms with E-state index >= 15 is 0 Å². The van der Waals surface area contributed by atoms with Crippen molar-refractivity contribution >= 4 is 31.0 Å². The van der Waals surface area contributed by atoms with Crippen LogP contribution in [0.15, 0.2) is 29.9 Å². The minimum atomic E-state index is -4.55. The third-order valence-corrected chi connectivity index (χ3v) is 3.21. The second-order valence-corrected chi connectivity index (χ2v) is 5.11. The smallest absolute Gasteiger partial charge is 0.432 e. The maximum Gasteiger partial charge on any atom is 0.432 e. The first-order valence-electron chi connectivity index (χ1n) is 5.11. The highest BCUT2D eigenvalue weighted by Gasteiger charge is 2.59. The molecule has 0 saturated heterocycles. The van der Waals surface area contributed by atoms with E-state index in [0.717, 1.165) is 6.26 Å². The Morgan fingerprint density at radius 3 is 2.11 bits per heavy atom. The summed E-state index contributed by atoms with van der Waals surface area (Å²) in [5.74, 6) is 0. The molecule has 0 aromatic heterocycles. The molecule has 1 aliphatic heterocycles. The fourth-order valence-electron chi connectivity index (χ4n) is 1.96. The van der Waals surface area contributed by atoms with Gasteiger partial charge in [-0.3, -0.25) is 0 Å². The predicted molar refractivity (Wildman–Crippen MR) is 66.5 cm³/mol. The van der Waals surface area contributed by atoms with E-state index in [0.29, 0.717) is 5.47 Å². The van der Waals surface area contributed by atoms with E-state index in [9.17, 15) is 13.2 Å². The predicted octanol–water partition coefficient (Wildman–Crippen LogP) is 3.65. The van der Waals surface area contributed by atoms with Gasteiger partial charge in [0.1, 0.15) is 7.85 Å². The SMILES string of the molecule is BC1=COC(c2cc(Cl)cc(Cl)c2)(C(F)(F)F)C1. The molecule has 0 fully saturated rings. The van der Waals surface area contributed by atoms with Crippen molar-refractivity contribution in [1.82, 2.24) is 0 Å². The summed E-state index contributed by atoms with van der Waals surface area (Å²) in [6.07, 6.45) is -3.68. The van der Waals surface area contributed by atoms with Crippen molar-refractivity contribution in [3.05, 3.63) is 45.5 Å². The molecule has 1 nitrogen and oxygen atoms in total. The molecule has 2 rings (SSSR count). The second kappa shape index (κ2) is 4.39. The van der Waals surface area contributed by atoms with Gasteiger partial charge in [-0.2, -0.15) is 13.2 Å². The van der Waals surface area contributed by atoms with Gasteiger partial charge in [-0.05, 0) is 18.2 Å². The third kappa shape index (κ3) is 2.21. The molecule has 1 aromatic rings. The van der Waals surface area contributed by atoms with Crippen LogP contribution in [-0.2, 0) is 10.3 Å². The number of hydrogen-bond acceptors (Lipinski definition) is 1. The lowest BCUT2D eigenvalue weighted by Gasteiger charge is -2.32. The van der Waals surface area contributed by atoms with E-state index in [-0.39, 0.29) is 22.0 Å². The number of rotatable bonds is 1. The summed E-state index contributed by atoms with van der Waals surface area (Å²) in [6.45, 7) is 0. The minimum Gasteiger partial charge on any atom is -0.481 e. The molecule has 1 unspecified atom stereocenters. The van der Waals surface area contributed by atoms with Gasteiger partial charge >= 0.3 is 6.18 Å². The molecule has 18 heavy (non-hydrogen) atoms. The van der Waals surface area contributed by atoms with E-state index in [1.54, 1.807) is 7.85 Å². The molecule has 7 heteroatoms. The van der Waals surface area contributed by atoms with E-state index in [1.165, 1.54) is 18.2 Å². The van der Waals surface area contributed by atoms with Gasteiger partial charge in [0.25, 0.3) is 0 Å². The van der Waals surface area contributed by atoms with Crippen LogP contribution in [0.2, 0.25) is 10.0 Å². The van der Waals surface area contributed by atoms with Gasteiger partial charge in [0, 0.05) is 22.0 Å².